The average Bonchev–Trinajstić information content (AvgIpc) is 3.56. The Balaban J connectivity index is 1.23. The molecule has 9 nitrogen and oxygen atoms in total. The molecule has 2 amide bonds. The second-order valence-electron chi connectivity index (χ2n) is 13.3. The lowest BCUT2D eigenvalue weighted by molar-refractivity contribution is -0.153. The van der Waals surface area contributed by atoms with Crippen LogP contribution in [0.3, 0.4) is 0 Å². The third-order valence-corrected chi connectivity index (χ3v) is 9.98. The van der Waals surface area contributed by atoms with Gasteiger partial charge >= 0.3 is 5.97 Å². The van der Waals surface area contributed by atoms with E-state index in [0.717, 1.165) is 45.9 Å². The van der Waals surface area contributed by atoms with Crippen LogP contribution in [0, 0.1) is 5.92 Å². The molecule has 1 aliphatic heterocycles. The first-order valence-electron chi connectivity index (χ1n) is 16.6. The average molecular weight is 669 g/mol. The summed E-state index contributed by atoms with van der Waals surface area (Å²) in [5, 5.41) is 12.2. The van der Waals surface area contributed by atoms with Gasteiger partial charge in [0.2, 0.25) is 5.91 Å². The third kappa shape index (κ3) is 8.86. The fourth-order valence-corrected chi connectivity index (χ4v) is 6.41. The van der Waals surface area contributed by atoms with Gasteiger partial charge in [0, 0.05) is 47.9 Å². The van der Waals surface area contributed by atoms with Crippen molar-refractivity contribution in [3.63, 3.8) is 0 Å². The van der Waals surface area contributed by atoms with E-state index in [1.807, 2.05) is 54.6 Å². The summed E-state index contributed by atoms with van der Waals surface area (Å²) in [5.74, 6) is -0.685. The Morgan fingerprint density at radius 1 is 0.917 bits per heavy atom. The zero-order valence-electron chi connectivity index (χ0n) is 28.1. The second kappa shape index (κ2) is 15.6. The Morgan fingerprint density at radius 3 is 2.19 bits per heavy atom. The smallest absolute Gasteiger partial charge is 0.310 e. The number of aromatic nitrogens is 2. The molecule has 0 spiro atoms. The molecule has 1 aliphatic rings. The van der Waals surface area contributed by atoms with E-state index < -0.39 is 17.9 Å². The van der Waals surface area contributed by atoms with Crippen LogP contribution in [-0.4, -0.2) is 63.5 Å². The van der Waals surface area contributed by atoms with Crippen LogP contribution in [-0.2, 0) is 21.4 Å². The Morgan fingerprint density at radius 2 is 1.58 bits per heavy atom. The van der Waals surface area contributed by atoms with Crippen molar-refractivity contribution in [1.82, 2.24) is 20.2 Å². The summed E-state index contributed by atoms with van der Waals surface area (Å²) in [4.78, 5) is 50.4. The number of aliphatic carboxylic acids is 1. The largest absolute Gasteiger partial charge is 0.494 e. The van der Waals surface area contributed by atoms with E-state index in [1.54, 1.807) is 18.5 Å². The van der Waals surface area contributed by atoms with Crippen molar-refractivity contribution in [3.8, 4) is 28.3 Å². The first-order chi connectivity index (χ1) is 23.0. The second-order valence-corrected chi connectivity index (χ2v) is 14.4. The molecular formula is C38H44N4O5S. The van der Waals surface area contributed by atoms with Gasteiger partial charge in [-0.1, -0.05) is 83.4 Å². The number of nitrogens with zero attached hydrogens (tertiary/aromatic N) is 3. The van der Waals surface area contributed by atoms with Crippen LogP contribution < -0.4 is 10.1 Å². The predicted molar refractivity (Wildman–Crippen MR) is 188 cm³/mol. The fraction of sp³-hybridized carbons (Fsp3) is 0.395. The minimum Gasteiger partial charge on any atom is -0.494 e. The van der Waals surface area contributed by atoms with E-state index in [9.17, 15) is 19.5 Å². The lowest BCUT2D eigenvalue weighted by Crippen LogP contribution is -2.59. The summed E-state index contributed by atoms with van der Waals surface area (Å²) in [6, 6.07) is 18.5. The highest BCUT2D eigenvalue weighted by atomic mass is 32.1. The van der Waals surface area contributed by atoms with Crippen LogP contribution >= 0.6 is 11.3 Å². The van der Waals surface area contributed by atoms with E-state index in [2.05, 4.69) is 43.0 Å². The molecule has 3 heterocycles. The molecule has 2 N–H and O–H groups in total. The van der Waals surface area contributed by atoms with Crippen molar-refractivity contribution < 1.29 is 24.2 Å². The number of hydrogen-bond acceptors (Lipinski definition) is 7. The Labute approximate surface area is 286 Å². The van der Waals surface area contributed by atoms with Crippen LogP contribution in [0.1, 0.15) is 73.5 Å². The Hall–Kier alpha value is -4.57. The maximum absolute atomic E-state index is 13.5. The number of rotatable bonds is 14. The Kier molecular flexibility index (Phi) is 11.3. The van der Waals surface area contributed by atoms with Crippen molar-refractivity contribution in [2.24, 2.45) is 5.92 Å². The van der Waals surface area contributed by atoms with E-state index >= 15 is 0 Å². The van der Waals surface area contributed by atoms with E-state index in [0.29, 0.717) is 10.7 Å². The quantitative estimate of drug-likeness (QED) is 0.139. The molecule has 0 aliphatic carbocycles. The van der Waals surface area contributed by atoms with Crippen molar-refractivity contribution >= 4 is 29.1 Å². The molecule has 48 heavy (non-hydrogen) atoms. The molecule has 2 aromatic carbocycles. The molecule has 4 aromatic rings. The first kappa shape index (κ1) is 34.8. The van der Waals surface area contributed by atoms with Crippen LogP contribution in [0.4, 0.5) is 0 Å². The van der Waals surface area contributed by atoms with E-state index in [-0.39, 0.29) is 36.7 Å². The topological polar surface area (TPSA) is 122 Å². The summed E-state index contributed by atoms with van der Waals surface area (Å²) < 4.78 is 5.86. The number of carboxylic acid groups (broad SMARTS) is 1. The molecular weight excluding hydrogens is 625 g/mol. The molecule has 0 radical (unpaired) electrons. The monoisotopic (exact) mass is 668 g/mol. The number of thiophene rings is 1. The van der Waals surface area contributed by atoms with Gasteiger partial charge in [0.25, 0.3) is 5.91 Å². The van der Waals surface area contributed by atoms with Gasteiger partial charge in [0.05, 0.1) is 17.4 Å². The molecule has 1 unspecified atom stereocenters. The number of hydrogen-bond donors (Lipinski definition) is 2. The van der Waals surface area contributed by atoms with Gasteiger partial charge in [-0.15, -0.1) is 11.3 Å². The maximum Gasteiger partial charge on any atom is 0.310 e. The first-order valence-corrected chi connectivity index (χ1v) is 17.4. The number of nitrogens with one attached hydrogen (secondary N) is 1. The maximum atomic E-state index is 13.5. The molecule has 5 rings (SSSR count). The highest BCUT2D eigenvalue weighted by Gasteiger charge is 2.39. The number of unbranched alkanes of at least 4 members (excludes halogenated alkanes) is 3. The summed E-state index contributed by atoms with van der Waals surface area (Å²) in [7, 11) is 0. The predicted octanol–water partition coefficient (Wildman–Crippen LogP) is 7.01. The van der Waals surface area contributed by atoms with Gasteiger partial charge in [-0.2, -0.15) is 0 Å². The van der Waals surface area contributed by atoms with Crippen molar-refractivity contribution in [1.29, 1.82) is 0 Å². The minimum absolute atomic E-state index is 0.0956. The lowest BCUT2D eigenvalue weighted by Gasteiger charge is -2.38. The summed E-state index contributed by atoms with van der Waals surface area (Å²) in [6.07, 6.45) is 8.54. The fourth-order valence-electron chi connectivity index (χ4n) is 5.44. The molecule has 0 saturated carbocycles. The highest BCUT2D eigenvalue weighted by molar-refractivity contribution is 7.14. The van der Waals surface area contributed by atoms with Gasteiger partial charge in [-0.3, -0.25) is 14.4 Å². The van der Waals surface area contributed by atoms with E-state index in [4.69, 9.17) is 4.74 Å². The number of ether oxygens (including phenoxy) is 1. The molecule has 2 aromatic heterocycles. The van der Waals surface area contributed by atoms with Crippen molar-refractivity contribution in [2.45, 2.75) is 71.3 Å². The molecule has 1 saturated heterocycles. The number of likely N-dealkylation sites (tertiary alicyclic amines) is 1. The number of carbonyl (C=O) groups is 3. The zero-order chi connectivity index (χ0) is 34.3. The zero-order valence-corrected chi connectivity index (χ0v) is 28.9. The third-order valence-electron chi connectivity index (χ3n) is 8.47. The molecule has 0 bridgehead atoms. The number of benzene rings is 2. The van der Waals surface area contributed by atoms with Gasteiger partial charge in [-0.25, -0.2) is 9.97 Å². The normalized spacial score (nSPS) is 13.9. The number of carboxylic acids is 1. The van der Waals surface area contributed by atoms with Crippen molar-refractivity contribution in [2.75, 3.05) is 19.7 Å². The van der Waals surface area contributed by atoms with Crippen LogP contribution in [0.15, 0.2) is 73.1 Å². The summed E-state index contributed by atoms with van der Waals surface area (Å²) in [5.41, 5.74) is 3.48. The molecule has 1 atom stereocenters. The summed E-state index contributed by atoms with van der Waals surface area (Å²) in [6.45, 7) is 9.45. The SMILES string of the molecule is CCCCCCOc1ccc(-c2cnc(-c3ccc(CC(NC(=O)c4ccc(C(C)(C)C)s4)C(=O)N4CC(C(=O)O)C4)cc3)nc2)cc1. The highest BCUT2D eigenvalue weighted by Crippen LogP contribution is 2.30. The molecule has 252 valence electrons. The minimum atomic E-state index is -0.922. The number of amides is 2. The molecule has 10 heteroatoms. The lowest BCUT2D eigenvalue weighted by atomic mass is 9.95. The van der Waals surface area contributed by atoms with Crippen LogP contribution in [0.5, 0.6) is 5.75 Å². The van der Waals surface area contributed by atoms with Crippen LogP contribution in [0.25, 0.3) is 22.5 Å². The van der Waals surface area contributed by atoms with Gasteiger partial charge < -0.3 is 20.1 Å². The summed E-state index contributed by atoms with van der Waals surface area (Å²) >= 11 is 1.41. The van der Waals surface area contributed by atoms with Gasteiger partial charge in [-0.05, 0) is 47.2 Å². The standard InChI is InChI=1S/C38H44N4O5S/c1-5-6-7-8-19-47-30-15-13-26(14-16-30)28-21-39-34(40-22-28)27-11-9-25(10-12-27)20-31(36(44)42-23-29(24-42)37(45)46)41-35(43)32-17-18-33(48-32)38(2,3)4/h9-18,21-22,29,31H,5-8,19-20,23-24H2,1-4H3,(H,41,43)(H,45,46). The Bertz CT molecular complexity index is 1690. The number of carbonyl (C=O) groups excluding carboxylic acids is 2. The van der Waals surface area contributed by atoms with E-state index in [1.165, 1.54) is 35.5 Å². The molecule has 1 fully saturated rings. The van der Waals surface area contributed by atoms with Gasteiger partial charge in [0.15, 0.2) is 5.82 Å². The van der Waals surface area contributed by atoms with Gasteiger partial charge in [0.1, 0.15) is 11.8 Å². The van der Waals surface area contributed by atoms with Crippen LogP contribution in [0.2, 0.25) is 0 Å². The van der Waals surface area contributed by atoms with Crippen molar-refractivity contribution in [3.05, 3.63) is 88.4 Å².